The minimum absolute atomic E-state index is 0.117. The van der Waals surface area contributed by atoms with Crippen LogP contribution in [0.2, 0.25) is 0 Å². The number of hydrogen-bond acceptors (Lipinski definition) is 3. The van der Waals surface area contributed by atoms with E-state index in [-0.39, 0.29) is 17.4 Å². The molecule has 1 N–H and O–H groups in total. The molecular formula is C31H57O4P. The molecule has 0 aromatic heterocycles. The normalized spacial score (nSPS) is 13.2. The number of hydrogen-bond donors (Lipinski definition) is 1. The van der Waals surface area contributed by atoms with Gasteiger partial charge < -0.3 is 14.2 Å². The highest BCUT2D eigenvalue weighted by Crippen LogP contribution is 2.44. The van der Waals surface area contributed by atoms with E-state index in [2.05, 4.69) is 61.5 Å². The van der Waals surface area contributed by atoms with Gasteiger partial charge in [-0.1, -0.05) is 120 Å². The van der Waals surface area contributed by atoms with Crippen molar-refractivity contribution in [3.05, 3.63) is 28.3 Å². The molecule has 0 saturated carbocycles. The van der Waals surface area contributed by atoms with Gasteiger partial charge in [-0.05, 0) is 47.3 Å². The van der Waals surface area contributed by atoms with Crippen molar-refractivity contribution in [2.24, 2.45) is 0 Å². The van der Waals surface area contributed by atoms with Crippen molar-refractivity contribution in [3.63, 3.8) is 0 Å². The fourth-order valence-corrected chi connectivity index (χ4v) is 5.23. The van der Waals surface area contributed by atoms with Crippen LogP contribution in [0.15, 0.2) is 6.07 Å². The Hall–Kier alpha value is -0.830. The Balaban J connectivity index is 3.36. The van der Waals surface area contributed by atoms with Crippen LogP contribution in [0.4, 0.5) is 0 Å². The van der Waals surface area contributed by atoms with Crippen molar-refractivity contribution in [2.45, 2.75) is 156 Å². The van der Waals surface area contributed by atoms with Gasteiger partial charge in [0, 0.05) is 11.1 Å². The zero-order valence-corrected chi connectivity index (χ0v) is 25.9. The monoisotopic (exact) mass is 524 g/mol. The molecule has 4 nitrogen and oxygen atoms in total. The average molecular weight is 525 g/mol. The Morgan fingerprint density at radius 2 is 1.31 bits per heavy atom. The Kier molecular flexibility index (Phi) is 15.6. The highest BCUT2D eigenvalue weighted by molar-refractivity contribution is 7.32. The van der Waals surface area contributed by atoms with Crippen LogP contribution in [-0.4, -0.2) is 11.5 Å². The van der Waals surface area contributed by atoms with Gasteiger partial charge in [-0.2, -0.15) is 0 Å². The second-order valence-electron chi connectivity index (χ2n) is 12.5. The van der Waals surface area contributed by atoms with Crippen LogP contribution >= 0.6 is 8.25 Å². The molecule has 0 aliphatic rings. The lowest BCUT2D eigenvalue weighted by atomic mass is 9.74. The first-order valence-electron chi connectivity index (χ1n) is 14.6. The molecule has 0 bridgehead atoms. The quantitative estimate of drug-likeness (QED) is 0.153. The van der Waals surface area contributed by atoms with Gasteiger partial charge in [-0.15, -0.1) is 0 Å². The van der Waals surface area contributed by atoms with Gasteiger partial charge in [0.1, 0.15) is 5.75 Å². The van der Waals surface area contributed by atoms with Crippen molar-refractivity contribution in [3.8, 4) is 5.75 Å². The Labute approximate surface area is 223 Å². The SMILES string of the molecule is CCCCCCCCOc1c(C(C)(C)C)cc(CO[PH](=O)O)c(CCCCCCCC)c1C(C)(C)C. The molecule has 0 aliphatic heterocycles. The van der Waals surface area contributed by atoms with Crippen LogP contribution in [0.5, 0.6) is 5.75 Å². The Morgan fingerprint density at radius 1 is 0.778 bits per heavy atom. The lowest BCUT2D eigenvalue weighted by Gasteiger charge is -2.33. The number of ether oxygens (including phenoxy) is 1. The van der Waals surface area contributed by atoms with Crippen molar-refractivity contribution in [1.29, 1.82) is 0 Å². The van der Waals surface area contributed by atoms with E-state index in [4.69, 9.17) is 9.26 Å². The summed E-state index contributed by atoms with van der Waals surface area (Å²) < 4.78 is 23.5. The molecule has 1 rings (SSSR count). The van der Waals surface area contributed by atoms with Crippen molar-refractivity contribution >= 4 is 8.25 Å². The van der Waals surface area contributed by atoms with Crippen molar-refractivity contribution in [1.82, 2.24) is 0 Å². The highest BCUT2D eigenvalue weighted by atomic mass is 31.1. The molecule has 0 radical (unpaired) electrons. The molecule has 1 unspecified atom stereocenters. The fourth-order valence-electron chi connectivity index (χ4n) is 4.95. The molecule has 1 aromatic rings. The fraction of sp³-hybridized carbons (Fsp3) is 0.806. The molecule has 0 aliphatic carbocycles. The smallest absolute Gasteiger partial charge is 0.316 e. The van der Waals surface area contributed by atoms with E-state index in [9.17, 15) is 9.46 Å². The van der Waals surface area contributed by atoms with Gasteiger partial charge in [0.25, 0.3) is 0 Å². The van der Waals surface area contributed by atoms with E-state index in [1.165, 1.54) is 80.9 Å². The van der Waals surface area contributed by atoms with E-state index < -0.39 is 8.25 Å². The molecule has 0 fully saturated rings. The summed E-state index contributed by atoms with van der Waals surface area (Å²) in [7, 11) is -3.00. The maximum Gasteiger partial charge on any atom is 0.316 e. The van der Waals surface area contributed by atoms with Gasteiger partial charge in [0.15, 0.2) is 0 Å². The molecular weight excluding hydrogens is 467 g/mol. The maximum atomic E-state index is 11.5. The predicted molar refractivity (Wildman–Crippen MR) is 156 cm³/mol. The lowest BCUT2D eigenvalue weighted by molar-refractivity contribution is 0.268. The number of benzene rings is 1. The molecule has 0 spiro atoms. The maximum absolute atomic E-state index is 11.5. The van der Waals surface area contributed by atoms with E-state index in [1.54, 1.807) is 0 Å². The van der Waals surface area contributed by atoms with Crippen molar-refractivity contribution < 1.29 is 18.7 Å². The van der Waals surface area contributed by atoms with E-state index in [0.717, 1.165) is 37.2 Å². The zero-order chi connectivity index (χ0) is 27.2. The molecule has 210 valence electrons. The Bertz CT molecular complexity index is 774. The standard InChI is InChI=1S/C31H57O4P/c1-9-11-13-15-17-19-21-26-25(24-35-36(32)33)23-27(30(3,4)5)29(28(26)31(6,7)8)34-22-20-18-16-14-12-10-2/h23,36H,9-22,24H2,1-8H3,(H,32,33). The average Bonchev–Trinajstić information content (AvgIpc) is 2.78. The van der Waals surface area contributed by atoms with E-state index >= 15 is 0 Å². The summed E-state index contributed by atoms with van der Waals surface area (Å²) in [5.41, 5.74) is 4.49. The summed E-state index contributed by atoms with van der Waals surface area (Å²) in [6.07, 6.45) is 15.8. The third-order valence-electron chi connectivity index (χ3n) is 6.91. The molecule has 0 saturated heterocycles. The summed E-state index contributed by atoms with van der Waals surface area (Å²) >= 11 is 0. The van der Waals surface area contributed by atoms with Crippen LogP contribution in [0.3, 0.4) is 0 Å². The zero-order valence-electron chi connectivity index (χ0n) is 24.9. The third-order valence-corrected chi connectivity index (χ3v) is 7.30. The number of unbranched alkanes of at least 4 members (excludes halogenated alkanes) is 10. The second-order valence-corrected chi connectivity index (χ2v) is 13.3. The van der Waals surface area contributed by atoms with Gasteiger partial charge in [0.05, 0.1) is 13.2 Å². The van der Waals surface area contributed by atoms with Gasteiger partial charge in [-0.3, -0.25) is 4.57 Å². The van der Waals surface area contributed by atoms with Gasteiger partial charge >= 0.3 is 8.25 Å². The van der Waals surface area contributed by atoms with Gasteiger partial charge in [0.2, 0.25) is 0 Å². The molecule has 1 atom stereocenters. The number of rotatable bonds is 18. The predicted octanol–water partition coefficient (Wildman–Crippen LogP) is 9.82. The highest BCUT2D eigenvalue weighted by Gasteiger charge is 2.31. The molecule has 5 heteroatoms. The largest absolute Gasteiger partial charge is 0.493 e. The summed E-state index contributed by atoms with van der Waals surface area (Å²) in [6.45, 7) is 18.8. The van der Waals surface area contributed by atoms with Crippen molar-refractivity contribution in [2.75, 3.05) is 6.61 Å². The molecule has 36 heavy (non-hydrogen) atoms. The second kappa shape index (κ2) is 16.9. The van der Waals surface area contributed by atoms with Crippen LogP contribution in [0, 0.1) is 0 Å². The molecule has 0 heterocycles. The summed E-state index contributed by atoms with van der Waals surface area (Å²) in [4.78, 5) is 9.43. The van der Waals surface area contributed by atoms with Crippen LogP contribution < -0.4 is 4.74 Å². The first-order valence-corrected chi connectivity index (χ1v) is 15.9. The molecule has 0 amide bonds. The first kappa shape index (κ1) is 33.2. The lowest BCUT2D eigenvalue weighted by Crippen LogP contribution is -2.23. The van der Waals surface area contributed by atoms with Gasteiger partial charge in [-0.25, -0.2) is 0 Å². The Morgan fingerprint density at radius 3 is 1.81 bits per heavy atom. The molecule has 1 aromatic carbocycles. The topological polar surface area (TPSA) is 55.8 Å². The van der Waals surface area contributed by atoms with E-state index in [0.29, 0.717) is 0 Å². The van der Waals surface area contributed by atoms with Crippen LogP contribution in [0.25, 0.3) is 0 Å². The first-order chi connectivity index (χ1) is 16.9. The minimum atomic E-state index is -3.00. The van der Waals surface area contributed by atoms with Crippen LogP contribution in [0.1, 0.15) is 155 Å². The van der Waals surface area contributed by atoms with E-state index in [1.807, 2.05) is 0 Å². The summed E-state index contributed by atoms with van der Waals surface area (Å²) in [5.74, 6) is 1.03. The summed E-state index contributed by atoms with van der Waals surface area (Å²) in [5, 5.41) is 0. The third kappa shape index (κ3) is 12.1. The summed E-state index contributed by atoms with van der Waals surface area (Å²) in [6, 6.07) is 2.20. The minimum Gasteiger partial charge on any atom is -0.493 e. The van der Waals surface area contributed by atoms with Crippen LogP contribution in [-0.2, 0) is 32.9 Å².